The number of nitrogens with one attached hydrogen (secondary N) is 1. The van der Waals surface area contributed by atoms with Crippen molar-refractivity contribution in [2.24, 2.45) is 5.41 Å². The molecule has 0 saturated heterocycles. The van der Waals surface area contributed by atoms with Gasteiger partial charge in [0.2, 0.25) is 10.0 Å². The van der Waals surface area contributed by atoms with Gasteiger partial charge < -0.3 is 0 Å². The van der Waals surface area contributed by atoms with Gasteiger partial charge in [-0.25, -0.2) is 13.1 Å². The van der Waals surface area contributed by atoms with Crippen molar-refractivity contribution in [3.8, 4) is 0 Å². The highest BCUT2D eigenvalue weighted by atomic mass is 35.5. The van der Waals surface area contributed by atoms with E-state index in [0.717, 1.165) is 5.56 Å². The van der Waals surface area contributed by atoms with Crippen molar-refractivity contribution >= 4 is 21.6 Å². The van der Waals surface area contributed by atoms with Crippen molar-refractivity contribution < 1.29 is 8.42 Å². The maximum atomic E-state index is 12.1. The topological polar surface area (TPSA) is 46.2 Å². The lowest BCUT2D eigenvalue weighted by molar-refractivity contribution is 0.414. The van der Waals surface area contributed by atoms with Crippen molar-refractivity contribution in [1.29, 1.82) is 0 Å². The first kappa shape index (κ1) is 14.5. The van der Waals surface area contributed by atoms with Gasteiger partial charge in [-0.15, -0.1) is 11.6 Å². The molecule has 0 aromatic heterocycles. The predicted octanol–water partition coefficient (Wildman–Crippen LogP) is 2.54. The summed E-state index contributed by atoms with van der Waals surface area (Å²) in [6.07, 6.45) is 0. The molecule has 0 unspecified atom stereocenters. The second-order valence-corrected chi connectivity index (χ2v) is 6.89. The molecule has 1 aromatic carbocycles. The number of rotatable bonds is 5. The number of sulfonamides is 1. The molecule has 1 N–H and O–H groups in total. The van der Waals surface area contributed by atoms with Crippen LogP contribution in [-0.4, -0.2) is 20.8 Å². The Kier molecular flexibility index (Phi) is 4.58. The summed E-state index contributed by atoms with van der Waals surface area (Å²) in [6.45, 7) is 5.94. The molecule has 0 aliphatic rings. The number of benzene rings is 1. The van der Waals surface area contributed by atoms with Crippen LogP contribution in [0.15, 0.2) is 29.2 Å². The zero-order chi connectivity index (χ0) is 13.1. The molecule has 96 valence electrons. The Morgan fingerprint density at radius 3 is 2.41 bits per heavy atom. The van der Waals surface area contributed by atoms with Gasteiger partial charge in [0.25, 0.3) is 0 Å². The Hall–Kier alpha value is -0.580. The average molecular weight is 276 g/mol. The lowest BCUT2D eigenvalue weighted by atomic mass is 9.97. The van der Waals surface area contributed by atoms with Gasteiger partial charge in [0, 0.05) is 12.4 Å². The fourth-order valence-corrected chi connectivity index (χ4v) is 2.85. The molecule has 1 rings (SSSR count). The van der Waals surface area contributed by atoms with Crippen molar-refractivity contribution in [1.82, 2.24) is 4.72 Å². The average Bonchev–Trinajstić information content (AvgIpc) is 2.27. The first-order valence-corrected chi connectivity index (χ1v) is 7.41. The van der Waals surface area contributed by atoms with E-state index in [1.54, 1.807) is 25.1 Å². The number of hydrogen-bond donors (Lipinski definition) is 1. The third kappa shape index (κ3) is 3.98. The predicted molar refractivity (Wildman–Crippen MR) is 70.9 cm³/mol. The number of alkyl halides is 1. The smallest absolute Gasteiger partial charge is 0.211 e. The zero-order valence-corrected chi connectivity index (χ0v) is 11.9. The van der Waals surface area contributed by atoms with Gasteiger partial charge in [-0.2, -0.15) is 0 Å². The molecule has 0 aliphatic heterocycles. The van der Waals surface area contributed by atoms with Crippen molar-refractivity contribution in [2.75, 3.05) is 12.4 Å². The van der Waals surface area contributed by atoms with Crippen molar-refractivity contribution in [2.45, 2.75) is 25.7 Å². The molecule has 1 aromatic rings. The third-order valence-corrected chi connectivity index (χ3v) is 4.77. The fraction of sp³-hybridized carbons (Fsp3) is 0.500. The highest BCUT2D eigenvalue weighted by Gasteiger charge is 2.22. The zero-order valence-electron chi connectivity index (χ0n) is 10.3. The second kappa shape index (κ2) is 5.38. The number of aryl methyl sites for hydroxylation is 1. The fourth-order valence-electron chi connectivity index (χ4n) is 1.27. The number of hydrogen-bond acceptors (Lipinski definition) is 2. The maximum Gasteiger partial charge on any atom is 0.240 e. The van der Waals surface area contributed by atoms with E-state index in [2.05, 4.69) is 4.72 Å². The largest absolute Gasteiger partial charge is 0.240 e. The molecular weight excluding hydrogens is 258 g/mol. The summed E-state index contributed by atoms with van der Waals surface area (Å²) >= 11 is 5.76. The molecule has 0 amide bonds. The van der Waals surface area contributed by atoms with Gasteiger partial charge in [-0.1, -0.05) is 32.0 Å². The van der Waals surface area contributed by atoms with Gasteiger partial charge in [0.15, 0.2) is 0 Å². The van der Waals surface area contributed by atoms with Gasteiger partial charge in [-0.05, 0) is 24.0 Å². The lowest BCUT2D eigenvalue weighted by Gasteiger charge is -2.21. The van der Waals surface area contributed by atoms with Crippen LogP contribution < -0.4 is 4.72 Å². The van der Waals surface area contributed by atoms with E-state index in [0.29, 0.717) is 17.3 Å². The SMILES string of the molecule is Cc1ccccc1S(=O)(=O)NCC(C)(C)CCl. The van der Waals surface area contributed by atoms with Crippen molar-refractivity contribution in [3.05, 3.63) is 29.8 Å². The standard InChI is InChI=1S/C12H18ClNO2S/c1-10-6-4-5-7-11(10)17(15,16)14-9-12(2,3)8-13/h4-7,14H,8-9H2,1-3H3. The van der Waals surface area contributed by atoms with E-state index < -0.39 is 10.0 Å². The lowest BCUT2D eigenvalue weighted by Crippen LogP contribution is -2.35. The van der Waals surface area contributed by atoms with Crippen molar-refractivity contribution in [3.63, 3.8) is 0 Å². The Morgan fingerprint density at radius 2 is 1.88 bits per heavy atom. The van der Waals surface area contributed by atoms with E-state index in [1.165, 1.54) is 0 Å². The minimum Gasteiger partial charge on any atom is -0.211 e. The van der Waals surface area contributed by atoms with Crippen LogP contribution in [0.3, 0.4) is 0 Å². The van der Waals surface area contributed by atoms with E-state index in [9.17, 15) is 8.42 Å². The molecule has 0 heterocycles. The Balaban J connectivity index is 2.88. The molecule has 0 atom stereocenters. The second-order valence-electron chi connectivity index (χ2n) is 4.89. The third-order valence-electron chi connectivity index (χ3n) is 2.49. The van der Waals surface area contributed by atoms with E-state index in [4.69, 9.17) is 11.6 Å². The van der Waals surface area contributed by atoms with E-state index in [-0.39, 0.29) is 5.41 Å². The van der Waals surface area contributed by atoms with Crippen LogP contribution in [0.5, 0.6) is 0 Å². The first-order chi connectivity index (χ1) is 7.78. The summed E-state index contributed by atoms with van der Waals surface area (Å²) in [5, 5.41) is 0. The van der Waals surface area contributed by atoms with Crippen LogP contribution in [0.1, 0.15) is 19.4 Å². The molecule has 5 heteroatoms. The van der Waals surface area contributed by atoms with Gasteiger partial charge in [-0.3, -0.25) is 0 Å². The molecular formula is C12H18ClNO2S. The summed E-state index contributed by atoms with van der Waals surface area (Å²) in [5.74, 6) is 0.406. The summed E-state index contributed by atoms with van der Waals surface area (Å²) in [5.41, 5.74) is 0.487. The van der Waals surface area contributed by atoms with Gasteiger partial charge >= 0.3 is 0 Å². The Bertz CT molecular complexity index is 483. The summed E-state index contributed by atoms with van der Waals surface area (Å²) in [6, 6.07) is 6.91. The first-order valence-electron chi connectivity index (χ1n) is 5.40. The molecule has 17 heavy (non-hydrogen) atoms. The van der Waals surface area contributed by atoms with E-state index in [1.807, 2.05) is 19.9 Å². The van der Waals surface area contributed by atoms with E-state index >= 15 is 0 Å². The van der Waals surface area contributed by atoms with Crippen LogP contribution >= 0.6 is 11.6 Å². The van der Waals surface area contributed by atoms with Crippen LogP contribution in [0.4, 0.5) is 0 Å². The maximum absolute atomic E-state index is 12.1. The Morgan fingerprint density at radius 1 is 1.29 bits per heavy atom. The van der Waals surface area contributed by atoms with Crippen LogP contribution in [0, 0.1) is 12.3 Å². The molecule has 0 spiro atoms. The summed E-state index contributed by atoms with van der Waals surface area (Å²) in [7, 11) is -3.44. The normalized spacial score (nSPS) is 12.7. The summed E-state index contributed by atoms with van der Waals surface area (Å²) < 4.78 is 26.7. The van der Waals surface area contributed by atoms with Crippen LogP contribution in [0.2, 0.25) is 0 Å². The quantitative estimate of drug-likeness (QED) is 0.840. The molecule has 0 bridgehead atoms. The molecule has 0 radical (unpaired) electrons. The van der Waals surface area contributed by atoms with Crippen LogP contribution in [-0.2, 0) is 10.0 Å². The minimum atomic E-state index is -3.44. The highest BCUT2D eigenvalue weighted by molar-refractivity contribution is 7.89. The monoisotopic (exact) mass is 275 g/mol. The molecule has 3 nitrogen and oxygen atoms in total. The van der Waals surface area contributed by atoms with Gasteiger partial charge in [0.05, 0.1) is 4.90 Å². The molecule has 0 fully saturated rings. The van der Waals surface area contributed by atoms with Crippen LogP contribution in [0.25, 0.3) is 0 Å². The van der Waals surface area contributed by atoms with Gasteiger partial charge in [0.1, 0.15) is 0 Å². The Labute approximate surface area is 108 Å². The summed E-state index contributed by atoms with van der Waals surface area (Å²) in [4.78, 5) is 0.324. The molecule has 0 aliphatic carbocycles. The molecule has 0 saturated carbocycles. The minimum absolute atomic E-state index is 0.253. The highest BCUT2D eigenvalue weighted by Crippen LogP contribution is 2.18. The number of halogens is 1.